The zero-order valence-electron chi connectivity index (χ0n) is 11.9. The number of aldehydes is 1. The van der Waals surface area contributed by atoms with Crippen LogP contribution in [0.3, 0.4) is 0 Å². The summed E-state index contributed by atoms with van der Waals surface area (Å²) in [6.45, 7) is 0.396. The molecule has 0 bridgehead atoms. The van der Waals surface area contributed by atoms with Gasteiger partial charge in [-0.2, -0.15) is 0 Å². The molecule has 1 unspecified atom stereocenters. The third kappa shape index (κ3) is 2.65. The van der Waals surface area contributed by atoms with Crippen LogP contribution in [0.2, 0.25) is 0 Å². The highest BCUT2D eigenvalue weighted by Crippen LogP contribution is 2.32. The van der Waals surface area contributed by atoms with Crippen LogP contribution in [-0.2, 0) is 11.3 Å². The predicted molar refractivity (Wildman–Crippen MR) is 91.9 cm³/mol. The number of halogens is 1. The first kappa shape index (κ1) is 14.8. The van der Waals surface area contributed by atoms with Gasteiger partial charge in [-0.15, -0.1) is 0 Å². The first-order valence-electron chi connectivity index (χ1n) is 6.99. The predicted octanol–water partition coefficient (Wildman–Crippen LogP) is 2.84. The van der Waals surface area contributed by atoms with Gasteiger partial charge in [0.1, 0.15) is 0 Å². The van der Waals surface area contributed by atoms with E-state index in [4.69, 9.17) is 5.73 Å². The number of nitrogens with one attached hydrogen (secondary N) is 1. The number of carbonyl (C=O) groups is 1. The average Bonchev–Trinajstić information content (AvgIpc) is 2.99. The number of anilines is 1. The fraction of sp³-hybridized carbons (Fsp3) is 0.118. The van der Waals surface area contributed by atoms with Crippen LogP contribution in [0.4, 0.5) is 5.69 Å². The van der Waals surface area contributed by atoms with Crippen LogP contribution in [0.15, 0.2) is 59.2 Å². The Morgan fingerprint density at radius 3 is 2.64 bits per heavy atom. The Labute approximate surface area is 137 Å². The van der Waals surface area contributed by atoms with Crippen LogP contribution in [0.25, 0.3) is 5.70 Å². The molecule has 0 aliphatic carbocycles. The molecule has 0 spiro atoms. The molecule has 2 aromatic rings. The Morgan fingerprint density at radius 1 is 1.18 bits per heavy atom. The lowest BCUT2D eigenvalue weighted by atomic mass is 10.1. The molecule has 0 aromatic heterocycles. The van der Waals surface area contributed by atoms with Crippen LogP contribution in [0.5, 0.6) is 0 Å². The topological polar surface area (TPSA) is 58.4 Å². The van der Waals surface area contributed by atoms with Gasteiger partial charge < -0.3 is 16.0 Å². The highest BCUT2D eigenvalue weighted by atomic mass is 79.9. The van der Waals surface area contributed by atoms with Gasteiger partial charge in [0.25, 0.3) is 0 Å². The largest absolute Gasteiger partial charge is 0.357 e. The smallest absolute Gasteiger partial charge is 0.163 e. The maximum absolute atomic E-state index is 11.5. The third-order valence-electron chi connectivity index (χ3n) is 3.66. The lowest BCUT2D eigenvalue weighted by Crippen LogP contribution is -2.37. The molecule has 1 aliphatic rings. The van der Waals surface area contributed by atoms with Crippen molar-refractivity contribution >= 4 is 33.6 Å². The Kier molecular flexibility index (Phi) is 4.27. The van der Waals surface area contributed by atoms with Gasteiger partial charge in [-0.05, 0) is 17.7 Å². The average molecular weight is 358 g/mol. The molecule has 0 saturated carbocycles. The number of carbonyl (C=O) groups excluding carboxylic acids is 1. The van der Waals surface area contributed by atoms with Crippen LogP contribution < -0.4 is 16.0 Å². The molecule has 2 aromatic carbocycles. The summed E-state index contributed by atoms with van der Waals surface area (Å²) in [5, 5.41) is 3.24. The normalized spacial score (nSPS) is 17.1. The summed E-state index contributed by atoms with van der Waals surface area (Å²) in [7, 11) is 0. The summed E-state index contributed by atoms with van der Waals surface area (Å²) < 4.78 is 0.943. The number of hydrogen-bond acceptors (Lipinski definition) is 4. The first-order valence-corrected chi connectivity index (χ1v) is 7.78. The van der Waals surface area contributed by atoms with E-state index < -0.39 is 6.17 Å². The molecule has 0 radical (unpaired) electrons. The van der Waals surface area contributed by atoms with Crippen molar-refractivity contribution in [3.8, 4) is 0 Å². The first-order chi connectivity index (χ1) is 10.7. The molecule has 4 nitrogen and oxygen atoms in total. The minimum Gasteiger partial charge on any atom is -0.357 e. The minimum absolute atomic E-state index is 0.396. The highest BCUT2D eigenvalue weighted by Gasteiger charge is 2.26. The highest BCUT2D eigenvalue weighted by molar-refractivity contribution is 9.10. The molecule has 3 N–H and O–H groups in total. The van der Waals surface area contributed by atoms with Crippen LogP contribution in [0, 0.1) is 0 Å². The summed E-state index contributed by atoms with van der Waals surface area (Å²) >= 11 is 3.52. The van der Waals surface area contributed by atoms with Gasteiger partial charge in [0.2, 0.25) is 0 Å². The molecule has 1 aliphatic heterocycles. The monoisotopic (exact) mass is 357 g/mol. The Morgan fingerprint density at radius 2 is 1.95 bits per heavy atom. The van der Waals surface area contributed by atoms with E-state index in [1.54, 1.807) is 0 Å². The molecular formula is C17H16BrN3O. The van der Waals surface area contributed by atoms with Gasteiger partial charge in [-0.1, -0.05) is 52.3 Å². The Balaban J connectivity index is 2.04. The standard InChI is InChI=1S/C17H16BrN3O/c18-14-7-4-8-16(13(14)9-19)21-10-15(20-17(21)11-22)12-5-2-1-3-6-12/h1-8,10-11,17,20H,9,19H2. The number of rotatable bonds is 4. The van der Waals surface area contributed by atoms with E-state index in [0.29, 0.717) is 6.54 Å². The van der Waals surface area contributed by atoms with Crippen LogP contribution >= 0.6 is 15.9 Å². The second-order valence-electron chi connectivity index (χ2n) is 4.98. The molecule has 5 heteroatoms. The van der Waals surface area contributed by atoms with Crippen molar-refractivity contribution in [2.75, 3.05) is 4.90 Å². The quantitative estimate of drug-likeness (QED) is 0.826. The van der Waals surface area contributed by atoms with E-state index in [1.165, 1.54) is 0 Å². The van der Waals surface area contributed by atoms with Gasteiger partial charge in [0.15, 0.2) is 12.5 Å². The van der Waals surface area contributed by atoms with Gasteiger partial charge in [-0.25, -0.2) is 0 Å². The maximum Gasteiger partial charge on any atom is 0.163 e. The molecule has 0 amide bonds. The fourth-order valence-electron chi connectivity index (χ4n) is 2.57. The number of nitrogens with two attached hydrogens (primary N) is 1. The van der Waals surface area contributed by atoms with E-state index in [2.05, 4.69) is 21.2 Å². The lowest BCUT2D eigenvalue weighted by Gasteiger charge is -2.24. The summed E-state index contributed by atoms with van der Waals surface area (Å²) in [6, 6.07) is 15.8. The van der Waals surface area contributed by atoms with Crippen LogP contribution in [0.1, 0.15) is 11.1 Å². The Bertz CT molecular complexity index is 715. The molecule has 1 atom stereocenters. The number of benzene rings is 2. The van der Waals surface area contributed by atoms with Crippen molar-refractivity contribution in [2.24, 2.45) is 5.73 Å². The molecule has 3 rings (SSSR count). The van der Waals surface area contributed by atoms with E-state index in [9.17, 15) is 4.79 Å². The van der Waals surface area contributed by atoms with Gasteiger partial charge in [0, 0.05) is 28.5 Å². The summed E-state index contributed by atoms with van der Waals surface area (Å²) in [5.74, 6) is 0. The second-order valence-corrected chi connectivity index (χ2v) is 5.84. The van der Waals surface area contributed by atoms with Crippen molar-refractivity contribution in [3.63, 3.8) is 0 Å². The van der Waals surface area contributed by atoms with E-state index >= 15 is 0 Å². The molecule has 0 fully saturated rings. The van der Waals surface area contributed by atoms with Crippen molar-refractivity contribution in [2.45, 2.75) is 12.7 Å². The Hall–Kier alpha value is -2.11. The fourth-order valence-corrected chi connectivity index (χ4v) is 3.09. The van der Waals surface area contributed by atoms with Gasteiger partial charge in [0.05, 0.1) is 5.70 Å². The summed E-state index contributed by atoms with van der Waals surface area (Å²) in [6.07, 6.45) is 2.41. The second kappa shape index (κ2) is 6.34. The van der Waals surface area contributed by atoms with Crippen molar-refractivity contribution in [1.29, 1.82) is 0 Å². The number of nitrogens with zero attached hydrogens (tertiary/aromatic N) is 1. The van der Waals surface area contributed by atoms with Gasteiger partial charge >= 0.3 is 0 Å². The summed E-state index contributed by atoms with van der Waals surface area (Å²) in [5.41, 5.74) is 9.72. The summed E-state index contributed by atoms with van der Waals surface area (Å²) in [4.78, 5) is 13.4. The minimum atomic E-state index is -0.435. The molecule has 0 saturated heterocycles. The number of hydrogen-bond donors (Lipinski definition) is 2. The van der Waals surface area contributed by atoms with E-state index in [1.807, 2.05) is 59.6 Å². The van der Waals surface area contributed by atoms with Crippen molar-refractivity contribution in [1.82, 2.24) is 5.32 Å². The van der Waals surface area contributed by atoms with Crippen molar-refractivity contribution in [3.05, 3.63) is 70.3 Å². The van der Waals surface area contributed by atoms with Gasteiger partial charge in [-0.3, -0.25) is 4.79 Å². The molecule has 22 heavy (non-hydrogen) atoms. The lowest BCUT2D eigenvalue weighted by molar-refractivity contribution is -0.109. The molecule has 1 heterocycles. The molecule has 112 valence electrons. The molecular weight excluding hydrogens is 342 g/mol. The SMILES string of the molecule is NCc1c(Br)cccc1N1C=C(c2ccccc2)NC1C=O. The zero-order chi connectivity index (χ0) is 15.5. The van der Waals surface area contributed by atoms with E-state index in [0.717, 1.165) is 33.3 Å². The van der Waals surface area contributed by atoms with E-state index in [-0.39, 0.29) is 0 Å². The van der Waals surface area contributed by atoms with Crippen LogP contribution in [-0.4, -0.2) is 12.5 Å². The zero-order valence-corrected chi connectivity index (χ0v) is 13.5. The third-order valence-corrected chi connectivity index (χ3v) is 4.40. The van der Waals surface area contributed by atoms with Crippen molar-refractivity contribution < 1.29 is 4.79 Å². The maximum atomic E-state index is 11.5.